The largest absolute Gasteiger partial charge is 0.497 e. The summed E-state index contributed by atoms with van der Waals surface area (Å²) in [4.78, 5) is 21.8. The van der Waals surface area contributed by atoms with Crippen LogP contribution in [0.4, 0.5) is 0 Å². The maximum atomic E-state index is 13.0. The lowest BCUT2D eigenvalue weighted by molar-refractivity contribution is -0.140. The summed E-state index contributed by atoms with van der Waals surface area (Å²) in [6.45, 7) is 3.28. The van der Waals surface area contributed by atoms with Crippen molar-refractivity contribution in [1.29, 1.82) is 0 Å². The van der Waals surface area contributed by atoms with Crippen molar-refractivity contribution in [3.8, 4) is 5.75 Å². The first-order chi connectivity index (χ1) is 17.5. The van der Waals surface area contributed by atoms with E-state index in [1.807, 2.05) is 18.5 Å². The SMILES string of the molecule is COc1ccc2c3c(n(C)c2c1)[C@H](CO)N(Cc1ccncc1)CC31CCN(C(=O)C2CCC2)CC1. The number of ether oxygens (including phenoxy) is 1. The number of hydrogen-bond acceptors (Lipinski definition) is 5. The zero-order valence-corrected chi connectivity index (χ0v) is 21.3. The van der Waals surface area contributed by atoms with Gasteiger partial charge in [0, 0.05) is 74.1 Å². The van der Waals surface area contributed by atoms with Gasteiger partial charge in [0.2, 0.25) is 5.91 Å². The molecular formula is C29H36N4O3. The third-order valence-electron chi connectivity index (χ3n) is 9.04. The fraction of sp³-hybridized carbons (Fsp3) is 0.517. The van der Waals surface area contributed by atoms with E-state index in [1.54, 1.807) is 7.11 Å². The number of aromatic nitrogens is 2. The Labute approximate surface area is 212 Å². The van der Waals surface area contributed by atoms with Gasteiger partial charge in [-0.3, -0.25) is 14.7 Å². The lowest BCUT2D eigenvalue weighted by Crippen LogP contribution is -2.55. The Hall–Kier alpha value is -2.90. The summed E-state index contributed by atoms with van der Waals surface area (Å²) in [5.41, 5.74) is 4.82. The molecule has 6 rings (SSSR count). The topological polar surface area (TPSA) is 70.8 Å². The van der Waals surface area contributed by atoms with Gasteiger partial charge in [-0.1, -0.05) is 6.42 Å². The Balaban J connectivity index is 1.43. The molecule has 2 aliphatic heterocycles. The number of carbonyl (C=O) groups excluding carboxylic acids is 1. The number of aryl methyl sites for hydroxylation is 1. The molecule has 3 aliphatic rings. The molecular weight excluding hydrogens is 452 g/mol. The number of rotatable bonds is 5. The molecule has 2 aromatic heterocycles. The predicted octanol–water partition coefficient (Wildman–Crippen LogP) is 3.79. The quantitative estimate of drug-likeness (QED) is 0.592. The fourth-order valence-electron chi connectivity index (χ4n) is 6.83. The maximum Gasteiger partial charge on any atom is 0.225 e. The van der Waals surface area contributed by atoms with E-state index in [9.17, 15) is 9.90 Å². The number of aliphatic hydroxyl groups excluding tert-OH is 1. The Kier molecular flexibility index (Phi) is 6.00. The second-order valence-electron chi connectivity index (χ2n) is 10.9. The number of carbonyl (C=O) groups is 1. The van der Waals surface area contributed by atoms with Gasteiger partial charge in [0.15, 0.2) is 0 Å². The molecule has 7 nitrogen and oxygen atoms in total. The summed E-state index contributed by atoms with van der Waals surface area (Å²) in [5.74, 6) is 1.44. The molecule has 1 aromatic carbocycles. The van der Waals surface area contributed by atoms with Crippen LogP contribution in [-0.4, -0.2) is 63.7 Å². The normalized spacial score (nSPS) is 22.0. The van der Waals surface area contributed by atoms with Crippen LogP contribution >= 0.6 is 0 Å². The molecule has 36 heavy (non-hydrogen) atoms. The number of piperidine rings is 1. The van der Waals surface area contributed by atoms with Crippen LogP contribution in [0.5, 0.6) is 5.75 Å². The van der Waals surface area contributed by atoms with Crippen LogP contribution in [-0.2, 0) is 23.8 Å². The van der Waals surface area contributed by atoms with Crippen molar-refractivity contribution < 1.29 is 14.6 Å². The second kappa shape index (κ2) is 9.20. The lowest BCUT2D eigenvalue weighted by atomic mass is 9.68. The number of nitrogens with zero attached hydrogens (tertiary/aromatic N) is 4. The van der Waals surface area contributed by atoms with Crippen LogP contribution in [0.2, 0.25) is 0 Å². The molecule has 7 heteroatoms. The lowest BCUT2D eigenvalue weighted by Gasteiger charge is -2.51. The number of benzene rings is 1. The van der Waals surface area contributed by atoms with E-state index >= 15 is 0 Å². The highest BCUT2D eigenvalue weighted by Gasteiger charge is 2.49. The first kappa shape index (κ1) is 23.5. The number of likely N-dealkylation sites (tertiary alicyclic amines) is 1. The minimum Gasteiger partial charge on any atom is -0.497 e. The van der Waals surface area contributed by atoms with Crippen LogP contribution < -0.4 is 4.74 Å². The number of methoxy groups -OCH3 is 1. The van der Waals surface area contributed by atoms with Crippen molar-refractivity contribution >= 4 is 16.8 Å². The van der Waals surface area contributed by atoms with Crippen molar-refractivity contribution in [3.63, 3.8) is 0 Å². The molecule has 0 unspecified atom stereocenters. The minimum atomic E-state index is -0.100. The molecule has 1 amide bonds. The zero-order valence-electron chi connectivity index (χ0n) is 21.3. The summed E-state index contributed by atoms with van der Waals surface area (Å²) in [7, 11) is 3.81. The molecule has 0 radical (unpaired) electrons. The van der Waals surface area contributed by atoms with Crippen molar-refractivity contribution in [2.45, 2.75) is 50.1 Å². The molecule has 1 spiro atoms. The smallest absolute Gasteiger partial charge is 0.225 e. The van der Waals surface area contributed by atoms with Crippen LogP contribution in [0.15, 0.2) is 42.7 Å². The first-order valence-electron chi connectivity index (χ1n) is 13.2. The van der Waals surface area contributed by atoms with Crippen LogP contribution in [0, 0.1) is 5.92 Å². The van der Waals surface area contributed by atoms with E-state index in [4.69, 9.17) is 4.74 Å². The van der Waals surface area contributed by atoms with Gasteiger partial charge in [0.05, 0.1) is 25.3 Å². The molecule has 190 valence electrons. The third kappa shape index (κ3) is 3.71. The number of amides is 1. The monoisotopic (exact) mass is 488 g/mol. The van der Waals surface area contributed by atoms with Gasteiger partial charge >= 0.3 is 0 Å². The maximum absolute atomic E-state index is 13.0. The Bertz CT molecular complexity index is 1260. The van der Waals surface area contributed by atoms with Crippen LogP contribution in [0.1, 0.15) is 55.0 Å². The average Bonchev–Trinajstić information content (AvgIpc) is 3.17. The summed E-state index contributed by atoms with van der Waals surface area (Å²) in [6, 6.07) is 10.4. The molecule has 2 fully saturated rings. The minimum absolute atomic E-state index is 0.0573. The molecule has 1 N–H and O–H groups in total. The average molecular weight is 489 g/mol. The van der Waals surface area contributed by atoms with Gasteiger partial charge in [0.1, 0.15) is 5.75 Å². The van der Waals surface area contributed by atoms with Gasteiger partial charge in [-0.2, -0.15) is 0 Å². The predicted molar refractivity (Wildman–Crippen MR) is 139 cm³/mol. The van der Waals surface area contributed by atoms with E-state index in [0.29, 0.717) is 5.91 Å². The summed E-state index contributed by atoms with van der Waals surface area (Å²) >= 11 is 0. The number of fused-ring (bicyclic) bond motifs is 4. The van der Waals surface area contributed by atoms with E-state index in [1.165, 1.54) is 28.6 Å². The zero-order chi connectivity index (χ0) is 24.9. The van der Waals surface area contributed by atoms with Gasteiger partial charge in [-0.15, -0.1) is 0 Å². The highest BCUT2D eigenvalue weighted by Crippen LogP contribution is 2.50. The Morgan fingerprint density at radius 1 is 1.17 bits per heavy atom. The molecule has 1 saturated carbocycles. The molecule has 1 atom stereocenters. The number of pyridine rings is 1. The molecule has 1 aliphatic carbocycles. The highest BCUT2D eigenvalue weighted by atomic mass is 16.5. The van der Waals surface area contributed by atoms with Crippen LogP contribution in [0.3, 0.4) is 0 Å². The number of hydrogen-bond donors (Lipinski definition) is 1. The molecule has 1 saturated heterocycles. The third-order valence-corrected chi connectivity index (χ3v) is 9.04. The molecule has 3 aromatic rings. The second-order valence-corrected chi connectivity index (χ2v) is 10.9. The van der Waals surface area contributed by atoms with Crippen molar-refractivity contribution in [2.24, 2.45) is 13.0 Å². The Morgan fingerprint density at radius 3 is 2.56 bits per heavy atom. The van der Waals surface area contributed by atoms with Crippen molar-refractivity contribution in [1.82, 2.24) is 19.4 Å². The standard InChI is InChI=1S/C29H36N4O3/c1-31-24-16-22(36-2)6-7-23(24)26-27(31)25(18-34)33(17-20-8-12-30-13-9-20)19-29(26)10-14-32(15-11-29)28(35)21-4-3-5-21/h6-9,12-13,16,21,25,34H,3-5,10-11,14-15,17-19H2,1-2H3/t25-/m0/s1. The van der Waals surface area contributed by atoms with Gasteiger partial charge < -0.3 is 19.3 Å². The van der Waals surface area contributed by atoms with Crippen molar-refractivity contribution in [3.05, 3.63) is 59.5 Å². The highest BCUT2D eigenvalue weighted by molar-refractivity contribution is 5.89. The van der Waals surface area contributed by atoms with Gasteiger partial charge in [-0.25, -0.2) is 0 Å². The fourth-order valence-corrected chi connectivity index (χ4v) is 6.83. The van der Waals surface area contributed by atoms with E-state index < -0.39 is 0 Å². The van der Waals surface area contributed by atoms with Gasteiger partial charge in [-0.05, 0) is 61.1 Å². The molecule has 4 heterocycles. The first-order valence-corrected chi connectivity index (χ1v) is 13.2. The van der Waals surface area contributed by atoms with Crippen LogP contribution in [0.25, 0.3) is 10.9 Å². The Morgan fingerprint density at radius 2 is 1.92 bits per heavy atom. The van der Waals surface area contributed by atoms with Crippen molar-refractivity contribution in [2.75, 3.05) is 33.4 Å². The summed E-state index contributed by atoms with van der Waals surface area (Å²) in [5, 5.41) is 11.9. The van der Waals surface area contributed by atoms with E-state index in [0.717, 1.165) is 63.1 Å². The van der Waals surface area contributed by atoms with E-state index in [2.05, 4.69) is 50.7 Å². The summed E-state index contributed by atoms with van der Waals surface area (Å²) < 4.78 is 7.82. The van der Waals surface area contributed by atoms with E-state index in [-0.39, 0.29) is 24.0 Å². The molecule has 0 bridgehead atoms. The van der Waals surface area contributed by atoms with Gasteiger partial charge in [0.25, 0.3) is 0 Å². The number of aliphatic hydroxyl groups is 1. The summed E-state index contributed by atoms with van der Waals surface area (Å²) in [6.07, 6.45) is 8.83.